The number of hydrogen-bond acceptors (Lipinski definition) is 6. The summed E-state index contributed by atoms with van der Waals surface area (Å²) in [5.41, 5.74) is 2.05. The number of hydrogen-bond donors (Lipinski definition) is 0. The highest BCUT2D eigenvalue weighted by Gasteiger charge is 2.30. The zero-order valence-electron chi connectivity index (χ0n) is 21.9. The molecule has 7 nitrogen and oxygen atoms in total. The minimum Gasteiger partial charge on any atom is -0.493 e. The van der Waals surface area contributed by atoms with Crippen molar-refractivity contribution in [3.63, 3.8) is 0 Å². The summed E-state index contributed by atoms with van der Waals surface area (Å²) in [5.74, 6) is 0.933. The van der Waals surface area contributed by atoms with Crippen LogP contribution < -0.4 is 9.47 Å². The Bertz CT molecular complexity index is 1360. The number of methoxy groups -OCH3 is 2. The van der Waals surface area contributed by atoms with Crippen LogP contribution in [0.2, 0.25) is 10.0 Å². The maximum absolute atomic E-state index is 13.7. The van der Waals surface area contributed by atoms with E-state index in [1.54, 1.807) is 30.5 Å². The van der Waals surface area contributed by atoms with Crippen LogP contribution in [-0.4, -0.2) is 57.4 Å². The van der Waals surface area contributed by atoms with Crippen LogP contribution in [0, 0.1) is 6.92 Å². The molecule has 1 heterocycles. The van der Waals surface area contributed by atoms with Crippen LogP contribution >= 0.6 is 34.5 Å². The third-order valence-corrected chi connectivity index (χ3v) is 9.64. The van der Waals surface area contributed by atoms with E-state index in [9.17, 15) is 13.2 Å². The quantitative estimate of drug-likeness (QED) is 0.239. The molecule has 0 aliphatic heterocycles. The summed E-state index contributed by atoms with van der Waals surface area (Å²) in [4.78, 5) is 16.3. The molecule has 0 fully saturated rings. The largest absolute Gasteiger partial charge is 0.493 e. The van der Waals surface area contributed by atoms with Crippen molar-refractivity contribution in [3.05, 3.63) is 73.9 Å². The van der Waals surface area contributed by atoms with Crippen molar-refractivity contribution in [1.29, 1.82) is 0 Å². The van der Waals surface area contributed by atoms with Crippen LogP contribution in [0.5, 0.6) is 11.5 Å². The van der Waals surface area contributed by atoms with Crippen molar-refractivity contribution in [2.45, 2.75) is 38.1 Å². The number of ether oxygens (including phenoxy) is 2. The van der Waals surface area contributed by atoms with E-state index in [-0.39, 0.29) is 33.9 Å². The molecule has 0 N–H and O–H groups in total. The van der Waals surface area contributed by atoms with Crippen LogP contribution in [0.15, 0.2) is 52.7 Å². The van der Waals surface area contributed by atoms with Gasteiger partial charge in [-0.2, -0.15) is 4.31 Å². The SMILES string of the molecule is CCCN(CC(=O)N(CCc1ccc(OC)c(OC)c1)Cc1sccc1C)S(=O)(=O)c1cc(Cl)ccc1Cl. The molecule has 0 unspecified atom stereocenters. The highest BCUT2D eigenvalue weighted by atomic mass is 35.5. The van der Waals surface area contributed by atoms with Crippen LogP contribution in [0.3, 0.4) is 0 Å². The van der Waals surface area contributed by atoms with E-state index in [0.29, 0.717) is 37.4 Å². The number of carbonyl (C=O) groups excluding carboxylic acids is 1. The van der Waals surface area contributed by atoms with E-state index in [0.717, 1.165) is 16.0 Å². The van der Waals surface area contributed by atoms with Gasteiger partial charge in [0, 0.05) is 23.0 Å². The summed E-state index contributed by atoms with van der Waals surface area (Å²) < 4.78 is 39.0. The summed E-state index contributed by atoms with van der Waals surface area (Å²) in [7, 11) is -0.905. The number of aryl methyl sites for hydroxylation is 1. The van der Waals surface area contributed by atoms with Crippen molar-refractivity contribution >= 4 is 50.5 Å². The van der Waals surface area contributed by atoms with E-state index in [2.05, 4.69) is 0 Å². The molecular weight excluding hydrogens is 567 g/mol. The predicted octanol–water partition coefficient (Wildman–Crippen LogP) is 6.05. The Hall–Kier alpha value is -2.30. The van der Waals surface area contributed by atoms with Gasteiger partial charge in [0.25, 0.3) is 0 Å². The van der Waals surface area contributed by atoms with E-state index < -0.39 is 10.0 Å². The molecule has 3 rings (SSSR count). The first-order valence-corrected chi connectivity index (χ1v) is 15.1. The number of rotatable bonds is 13. The number of sulfonamides is 1. The molecular formula is C27H32Cl2N2O5S2. The average Bonchev–Trinajstić information content (AvgIpc) is 3.31. The van der Waals surface area contributed by atoms with Crippen molar-refractivity contribution in [3.8, 4) is 11.5 Å². The Morgan fingerprint density at radius 3 is 2.37 bits per heavy atom. The van der Waals surface area contributed by atoms with Gasteiger partial charge in [0.1, 0.15) is 4.90 Å². The molecule has 0 atom stereocenters. The highest BCUT2D eigenvalue weighted by molar-refractivity contribution is 7.89. The number of nitrogens with zero attached hydrogens (tertiary/aromatic N) is 2. The van der Waals surface area contributed by atoms with Gasteiger partial charge in [-0.3, -0.25) is 4.79 Å². The van der Waals surface area contributed by atoms with E-state index in [1.807, 2.05) is 43.5 Å². The van der Waals surface area contributed by atoms with Crippen molar-refractivity contribution < 1.29 is 22.7 Å². The van der Waals surface area contributed by atoms with Crippen molar-refractivity contribution in [1.82, 2.24) is 9.21 Å². The second-order valence-corrected chi connectivity index (χ2v) is 12.4. The van der Waals surface area contributed by atoms with Gasteiger partial charge >= 0.3 is 0 Å². The lowest BCUT2D eigenvalue weighted by molar-refractivity contribution is -0.132. The molecule has 0 saturated heterocycles. The summed E-state index contributed by atoms with van der Waals surface area (Å²) in [6.07, 6.45) is 1.08. The summed E-state index contributed by atoms with van der Waals surface area (Å²) in [6, 6.07) is 11.9. The summed E-state index contributed by atoms with van der Waals surface area (Å²) >= 11 is 13.9. The van der Waals surface area contributed by atoms with Crippen LogP contribution in [0.25, 0.3) is 0 Å². The zero-order valence-corrected chi connectivity index (χ0v) is 25.0. The lowest BCUT2D eigenvalue weighted by Crippen LogP contribution is -2.43. The van der Waals surface area contributed by atoms with Crippen LogP contribution in [0.4, 0.5) is 0 Å². The molecule has 0 radical (unpaired) electrons. The fraction of sp³-hybridized carbons (Fsp3) is 0.370. The van der Waals surface area contributed by atoms with E-state index in [1.165, 1.54) is 22.5 Å². The fourth-order valence-corrected chi connectivity index (χ4v) is 7.07. The normalized spacial score (nSPS) is 11.6. The fourth-order valence-electron chi connectivity index (χ4n) is 3.93. The molecule has 1 aromatic heterocycles. The average molecular weight is 600 g/mol. The highest BCUT2D eigenvalue weighted by Crippen LogP contribution is 2.29. The first-order chi connectivity index (χ1) is 18.1. The molecule has 0 aliphatic carbocycles. The van der Waals surface area contributed by atoms with Gasteiger partial charge < -0.3 is 14.4 Å². The number of halogens is 2. The third kappa shape index (κ3) is 7.42. The van der Waals surface area contributed by atoms with Gasteiger partial charge in [0.05, 0.1) is 32.3 Å². The van der Waals surface area contributed by atoms with E-state index >= 15 is 0 Å². The van der Waals surface area contributed by atoms with Crippen LogP contribution in [-0.2, 0) is 27.8 Å². The van der Waals surface area contributed by atoms with E-state index in [4.69, 9.17) is 32.7 Å². The van der Waals surface area contributed by atoms with Crippen molar-refractivity contribution in [2.24, 2.45) is 0 Å². The molecule has 0 spiro atoms. The Labute approximate surface area is 238 Å². The molecule has 0 bridgehead atoms. The topological polar surface area (TPSA) is 76.2 Å². The zero-order chi connectivity index (χ0) is 27.9. The molecule has 0 saturated carbocycles. The van der Waals surface area contributed by atoms with Gasteiger partial charge in [-0.25, -0.2) is 8.42 Å². The second kappa shape index (κ2) is 13.7. The monoisotopic (exact) mass is 598 g/mol. The molecule has 0 aliphatic rings. The van der Waals surface area contributed by atoms with Gasteiger partial charge in [-0.05, 0) is 72.7 Å². The van der Waals surface area contributed by atoms with Gasteiger partial charge in [0.15, 0.2) is 11.5 Å². The molecule has 11 heteroatoms. The van der Waals surface area contributed by atoms with Gasteiger partial charge in [0.2, 0.25) is 15.9 Å². The molecule has 38 heavy (non-hydrogen) atoms. The first-order valence-electron chi connectivity index (χ1n) is 12.1. The Morgan fingerprint density at radius 2 is 1.74 bits per heavy atom. The Kier molecular flexibility index (Phi) is 10.9. The number of thiophene rings is 1. The maximum atomic E-state index is 13.7. The first kappa shape index (κ1) is 30.2. The number of carbonyl (C=O) groups is 1. The number of benzene rings is 2. The second-order valence-electron chi connectivity index (χ2n) is 8.69. The third-order valence-electron chi connectivity index (χ3n) is 6.07. The molecule has 2 aromatic carbocycles. The van der Waals surface area contributed by atoms with Gasteiger partial charge in [-0.15, -0.1) is 11.3 Å². The smallest absolute Gasteiger partial charge is 0.245 e. The molecule has 206 valence electrons. The van der Waals surface area contributed by atoms with Crippen LogP contribution in [0.1, 0.15) is 29.3 Å². The molecule has 1 amide bonds. The maximum Gasteiger partial charge on any atom is 0.245 e. The summed E-state index contributed by atoms with van der Waals surface area (Å²) in [5, 5.41) is 2.29. The lowest BCUT2D eigenvalue weighted by atomic mass is 10.1. The minimum atomic E-state index is -4.06. The van der Waals surface area contributed by atoms with Crippen molar-refractivity contribution in [2.75, 3.05) is 33.9 Å². The molecule has 3 aromatic rings. The Morgan fingerprint density at radius 1 is 1.00 bits per heavy atom. The Balaban J connectivity index is 1.87. The number of amides is 1. The van der Waals surface area contributed by atoms with Gasteiger partial charge in [-0.1, -0.05) is 36.2 Å². The summed E-state index contributed by atoms with van der Waals surface area (Å²) in [6.45, 7) is 4.49. The predicted molar refractivity (Wildman–Crippen MR) is 153 cm³/mol. The lowest BCUT2D eigenvalue weighted by Gasteiger charge is -2.27. The standard InChI is InChI=1S/C27H32Cl2N2O5S2/c1-5-12-31(38(33,34)26-16-21(28)7-8-22(26)29)18-27(32)30(17-25-19(2)11-14-37-25)13-10-20-6-9-23(35-3)24(15-20)36-4/h6-9,11,14-16H,5,10,12-13,17-18H2,1-4H3. The minimum absolute atomic E-state index is 0.0578.